The van der Waals surface area contributed by atoms with Crippen LogP contribution in [-0.4, -0.2) is 28.3 Å². The second-order valence-electron chi connectivity index (χ2n) is 2.92. The first-order valence-electron chi connectivity index (χ1n) is 3.21. The molecule has 0 bridgehead atoms. The normalized spacial score (nSPS) is 38.8. The van der Waals surface area contributed by atoms with E-state index in [1.807, 2.05) is 0 Å². The standard InChI is InChI=1S/C6H11NO3/c7-6(5(9)10)1-4(2-6)3-8/h4,8H,1-3,7H2,(H,9,10)/t4-,6-. The third-order valence-corrected chi connectivity index (χ3v) is 1.99. The van der Waals surface area contributed by atoms with Crippen molar-refractivity contribution in [2.24, 2.45) is 11.7 Å². The fourth-order valence-electron chi connectivity index (χ4n) is 1.27. The van der Waals surface area contributed by atoms with E-state index in [0.717, 1.165) is 0 Å². The summed E-state index contributed by atoms with van der Waals surface area (Å²) in [6, 6.07) is 0. The zero-order valence-electron chi connectivity index (χ0n) is 5.58. The second kappa shape index (κ2) is 2.21. The van der Waals surface area contributed by atoms with Gasteiger partial charge in [0.2, 0.25) is 0 Å². The highest BCUT2D eigenvalue weighted by Crippen LogP contribution is 2.35. The number of hydrogen-bond acceptors (Lipinski definition) is 3. The number of rotatable bonds is 2. The number of carboxylic acids is 1. The summed E-state index contributed by atoms with van der Waals surface area (Å²) < 4.78 is 0. The third kappa shape index (κ3) is 0.998. The van der Waals surface area contributed by atoms with E-state index in [0.29, 0.717) is 12.8 Å². The number of aliphatic hydroxyl groups is 1. The van der Waals surface area contributed by atoms with Crippen LogP contribution in [0.15, 0.2) is 0 Å². The number of aliphatic carboxylic acids is 1. The van der Waals surface area contributed by atoms with E-state index in [1.54, 1.807) is 0 Å². The van der Waals surface area contributed by atoms with E-state index in [-0.39, 0.29) is 12.5 Å². The lowest BCUT2D eigenvalue weighted by Crippen LogP contribution is -2.58. The van der Waals surface area contributed by atoms with E-state index in [4.69, 9.17) is 15.9 Å². The summed E-state index contributed by atoms with van der Waals surface area (Å²) in [4.78, 5) is 10.4. The van der Waals surface area contributed by atoms with E-state index < -0.39 is 11.5 Å². The number of carboxylic acid groups (broad SMARTS) is 1. The molecule has 0 atom stereocenters. The third-order valence-electron chi connectivity index (χ3n) is 1.99. The van der Waals surface area contributed by atoms with Crippen molar-refractivity contribution < 1.29 is 15.0 Å². The predicted octanol–water partition coefficient (Wildman–Crippen LogP) is -0.829. The molecule has 0 saturated heterocycles. The second-order valence-corrected chi connectivity index (χ2v) is 2.92. The van der Waals surface area contributed by atoms with Crippen molar-refractivity contribution in [2.45, 2.75) is 18.4 Å². The Labute approximate surface area is 58.6 Å². The van der Waals surface area contributed by atoms with Gasteiger partial charge in [0.25, 0.3) is 0 Å². The van der Waals surface area contributed by atoms with E-state index >= 15 is 0 Å². The summed E-state index contributed by atoms with van der Waals surface area (Å²) in [5.74, 6) is -0.863. The highest BCUT2D eigenvalue weighted by atomic mass is 16.4. The van der Waals surface area contributed by atoms with Crippen molar-refractivity contribution in [1.82, 2.24) is 0 Å². The minimum Gasteiger partial charge on any atom is -0.480 e. The number of carbonyl (C=O) groups is 1. The predicted molar refractivity (Wildman–Crippen MR) is 34.4 cm³/mol. The molecule has 0 spiro atoms. The molecule has 4 N–H and O–H groups in total. The van der Waals surface area contributed by atoms with Gasteiger partial charge >= 0.3 is 5.97 Å². The van der Waals surface area contributed by atoms with Gasteiger partial charge in [-0.15, -0.1) is 0 Å². The monoisotopic (exact) mass is 145 g/mol. The Morgan fingerprint density at radius 1 is 1.70 bits per heavy atom. The Bertz CT molecular complexity index is 151. The molecular weight excluding hydrogens is 134 g/mol. The molecule has 4 heteroatoms. The Kier molecular flexibility index (Phi) is 1.66. The van der Waals surface area contributed by atoms with Crippen LogP contribution in [0.25, 0.3) is 0 Å². The Morgan fingerprint density at radius 3 is 2.50 bits per heavy atom. The molecule has 0 aromatic rings. The van der Waals surface area contributed by atoms with Crippen LogP contribution < -0.4 is 5.73 Å². The molecule has 1 fully saturated rings. The molecule has 58 valence electrons. The summed E-state index contributed by atoms with van der Waals surface area (Å²) in [5.41, 5.74) is 4.35. The van der Waals surface area contributed by atoms with Crippen LogP contribution in [0.1, 0.15) is 12.8 Å². The maximum absolute atomic E-state index is 10.4. The molecule has 1 aliphatic rings. The lowest BCUT2D eigenvalue weighted by Gasteiger charge is -2.40. The van der Waals surface area contributed by atoms with E-state index in [2.05, 4.69) is 0 Å². The molecule has 0 heterocycles. The maximum atomic E-state index is 10.4. The van der Waals surface area contributed by atoms with Crippen LogP contribution >= 0.6 is 0 Å². The molecule has 0 radical (unpaired) electrons. The van der Waals surface area contributed by atoms with Gasteiger partial charge in [0.15, 0.2) is 0 Å². The molecule has 1 saturated carbocycles. The molecule has 0 amide bonds. The molecule has 0 aromatic carbocycles. The molecule has 0 unspecified atom stereocenters. The fraction of sp³-hybridized carbons (Fsp3) is 0.833. The SMILES string of the molecule is N[C@]1(C(=O)O)C[C@@H](CO)C1. The lowest BCUT2D eigenvalue weighted by molar-refractivity contribution is -0.149. The van der Waals surface area contributed by atoms with Crippen LogP contribution in [0.5, 0.6) is 0 Å². The van der Waals surface area contributed by atoms with Gasteiger partial charge in [-0.3, -0.25) is 4.79 Å². The van der Waals surface area contributed by atoms with Crippen molar-refractivity contribution in [1.29, 1.82) is 0 Å². The first-order chi connectivity index (χ1) is 4.58. The van der Waals surface area contributed by atoms with Gasteiger partial charge in [-0.2, -0.15) is 0 Å². The van der Waals surface area contributed by atoms with Crippen LogP contribution in [0.2, 0.25) is 0 Å². The Balaban J connectivity index is 2.42. The minimum atomic E-state index is -1.05. The summed E-state index contributed by atoms with van der Waals surface area (Å²) in [6.45, 7) is 0.0478. The van der Waals surface area contributed by atoms with Gasteiger partial charge in [0, 0.05) is 6.61 Å². The molecule has 0 aromatic heterocycles. The summed E-state index contributed by atoms with van der Waals surface area (Å²) >= 11 is 0. The van der Waals surface area contributed by atoms with Crippen LogP contribution in [0.3, 0.4) is 0 Å². The smallest absolute Gasteiger partial charge is 0.323 e. The van der Waals surface area contributed by atoms with Gasteiger partial charge in [-0.05, 0) is 18.8 Å². The summed E-state index contributed by atoms with van der Waals surface area (Å²) in [6.07, 6.45) is 0.803. The Morgan fingerprint density at radius 2 is 2.20 bits per heavy atom. The largest absolute Gasteiger partial charge is 0.480 e. The molecule has 0 aliphatic heterocycles. The average molecular weight is 145 g/mol. The van der Waals surface area contributed by atoms with Gasteiger partial charge in [-0.25, -0.2) is 0 Å². The van der Waals surface area contributed by atoms with Gasteiger partial charge in [0.1, 0.15) is 5.54 Å². The van der Waals surface area contributed by atoms with Gasteiger partial charge < -0.3 is 15.9 Å². The molecule has 1 aliphatic carbocycles. The summed E-state index contributed by atoms with van der Waals surface area (Å²) in [7, 11) is 0. The first-order valence-corrected chi connectivity index (χ1v) is 3.21. The lowest BCUT2D eigenvalue weighted by atomic mass is 9.69. The number of nitrogens with two attached hydrogens (primary N) is 1. The molecule has 4 nitrogen and oxygen atoms in total. The van der Waals surface area contributed by atoms with Crippen molar-refractivity contribution in [3.63, 3.8) is 0 Å². The summed E-state index contributed by atoms with van der Waals surface area (Å²) in [5, 5.41) is 17.1. The topological polar surface area (TPSA) is 83.6 Å². The maximum Gasteiger partial charge on any atom is 0.323 e. The number of hydrogen-bond donors (Lipinski definition) is 3. The van der Waals surface area contributed by atoms with Gasteiger partial charge in [-0.1, -0.05) is 0 Å². The molecule has 10 heavy (non-hydrogen) atoms. The average Bonchev–Trinajstić information content (AvgIpc) is 1.80. The highest BCUT2D eigenvalue weighted by Gasteiger charge is 2.46. The fourth-order valence-corrected chi connectivity index (χ4v) is 1.27. The molecule has 1 rings (SSSR count). The zero-order valence-corrected chi connectivity index (χ0v) is 5.58. The van der Waals surface area contributed by atoms with E-state index in [9.17, 15) is 4.79 Å². The van der Waals surface area contributed by atoms with Crippen LogP contribution in [0.4, 0.5) is 0 Å². The zero-order chi connectivity index (χ0) is 7.78. The van der Waals surface area contributed by atoms with E-state index in [1.165, 1.54) is 0 Å². The number of aliphatic hydroxyl groups excluding tert-OH is 1. The molecular formula is C6H11NO3. The highest BCUT2D eigenvalue weighted by molar-refractivity contribution is 5.79. The minimum absolute atomic E-state index is 0.0478. The van der Waals surface area contributed by atoms with Crippen molar-refractivity contribution in [3.05, 3.63) is 0 Å². The van der Waals surface area contributed by atoms with Crippen molar-refractivity contribution in [3.8, 4) is 0 Å². The van der Waals surface area contributed by atoms with Gasteiger partial charge in [0.05, 0.1) is 0 Å². The first kappa shape index (κ1) is 7.50. The van der Waals surface area contributed by atoms with Crippen molar-refractivity contribution >= 4 is 5.97 Å². The van der Waals surface area contributed by atoms with Crippen LogP contribution in [0, 0.1) is 5.92 Å². The quantitative estimate of drug-likeness (QED) is 0.473. The van der Waals surface area contributed by atoms with Crippen molar-refractivity contribution in [2.75, 3.05) is 6.61 Å². The Hall–Kier alpha value is -0.610. The van der Waals surface area contributed by atoms with Crippen LogP contribution in [-0.2, 0) is 4.79 Å².